The zero-order valence-corrected chi connectivity index (χ0v) is 9.49. The van der Waals surface area contributed by atoms with Crippen molar-refractivity contribution in [1.82, 2.24) is 4.98 Å². The Balaban J connectivity index is 0. The molecule has 0 spiro atoms. The minimum absolute atomic E-state index is 0. The summed E-state index contributed by atoms with van der Waals surface area (Å²) in [5.41, 5.74) is 6.15. The van der Waals surface area contributed by atoms with Crippen LogP contribution in [0, 0.1) is 5.82 Å². The summed E-state index contributed by atoms with van der Waals surface area (Å²) in [6.45, 7) is 1.75. The Hall–Kier alpha value is -0.580. The second-order valence-electron chi connectivity index (χ2n) is 2.54. The zero-order valence-electron chi connectivity index (χ0n) is 7.86. The fraction of sp³-hybridized carbons (Fsp3) is 0.375. The van der Waals surface area contributed by atoms with Gasteiger partial charge in [0.05, 0.1) is 13.3 Å². The molecule has 3 nitrogen and oxygen atoms in total. The van der Waals surface area contributed by atoms with Gasteiger partial charge in [-0.05, 0) is 13.0 Å². The fourth-order valence-corrected chi connectivity index (χ4v) is 0.939. The molecule has 0 bridgehead atoms. The van der Waals surface area contributed by atoms with E-state index in [1.807, 2.05) is 0 Å². The molecule has 0 fully saturated rings. The molecule has 0 unspecified atom stereocenters. The number of ether oxygens (including phenoxy) is 1. The number of nitrogens with zero attached hydrogens (tertiary/aromatic N) is 1. The molecule has 0 aliphatic carbocycles. The van der Waals surface area contributed by atoms with Crippen molar-refractivity contribution >= 4 is 24.8 Å². The van der Waals surface area contributed by atoms with Crippen LogP contribution < -0.4 is 10.5 Å². The van der Waals surface area contributed by atoms with Gasteiger partial charge in [-0.1, -0.05) is 0 Å². The molecule has 0 aliphatic rings. The summed E-state index contributed by atoms with van der Waals surface area (Å²) in [7, 11) is 1.48. The number of aromatic nitrogens is 1. The number of rotatable bonds is 2. The highest BCUT2D eigenvalue weighted by Crippen LogP contribution is 2.20. The molecule has 14 heavy (non-hydrogen) atoms. The lowest BCUT2D eigenvalue weighted by Crippen LogP contribution is -2.08. The van der Waals surface area contributed by atoms with Gasteiger partial charge in [0.15, 0.2) is 0 Å². The molecule has 0 aromatic carbocycles. The largest absolute Gasteiger partial charge is 0.481 e. The molecule has 0 saturated heterocycles. The topological polar surface area (TPSA) is 48.1 Å². The zero-order chi connectivity index (χ0) is 9.14. The number of hydrogen-bond acceptors (Lipinski definition) is 3. The fourth-order valence-electron chi connectivity index (χ4n) is 0.939. The van der Waals surface area contributed by atoms with E-state index < -0.39 is 5.82 Å². The number of methoxy groups -OCH3 is 1. The summed E-state index contributed by atoms with van der Waals surface area (Å²) in [5.74, 6) is -0.0190. The predicted octanol–water partition coefficient (Wildman–Crippen LogP) is 2.09. The number of pyridine rings is 1. The van der Waals surface area contributed by atoms with Crippen LogP contribution in [-0.4, -0.2) is 12.1 Å². The molecule has 1 aromatic heterocycles. The molecule has 0 radical (unpaired) electrons. The molecular formula is C8H13Cl2FN2O. The summed E-state index contributed by atoms with van der Waals surface area (Å²) in [4.78, 5) is 3.74. The van der Waals surface area contributed by atoms with Crippen LogP contribution in [0.2, 0.25) is 0 Å². The van der Waals surface area contributed by atoms with Crippen LogP contribution in [0.25, 0.3) is 0 Å². The van der Waals surface area contributed by atoms with E-state index in [0.29, 0.717) is 11.4 Å². The van der Waals surface area contributed by atoms with Crippen molar-refractivity contribution < 1.29 is 9.13 Å². The van der Waals surface area contributed by atoms with Crippen LogP contribution in [0.4, 0.5) is 4.39 Å². The Morgan fingerprint density at radius 2 is 2.07 bits per heavy atom. The van der Waals surface area contributed by atoms with E-state index in [1.165, 1.54) is 13.2 Å². The molecule has 82 valence electrons. The summed E-state index contributed by atoms with van der Waals surface area (Å²) in [6, 6.07) is 1.05. The summed E-state index contributed by atoms with van der Waals surface area (Å²) in [5, 5.41) is 0. The van der Waals surface area contributed by atoms with E-state index in [2.05, 4.69) is 4.98 Å². The third-order valence-electron chi connectivity index (χ3n) is 1.53. The minimum atomic E-state index is -0.400. The first kappa shape index (κ1) is 15.9. The van der Waals surface area contributed by atoms with Gasteiger partial charge >= 0.3 is 0 Å². The van der Waals surface area contributed by atoms with Crippen molar-refractivity contribution in [3.63, 3.8) is 0 Å². The smallest absolute Gasteiger partial charge is 0.218 e. The second kappa shape index (κ2) is 6.81. The Kier molecular flexibility index (Phi) is 7.72. The lowest BCUT2D eigenvalue weighted by molar-refractivity contribution is 0.387. The molecule has 1 rings (SSSR count). The first-order chi connectivity index (χ1) is 5.65. The maximum absolute atomic E-state index is 12.7. The Labute approximate surface area is 94.7 Å². The molecule has 2 N–H and O–H groups in total. The van der Waals surface area contributed by atoms with Gasteiger partial charge in [0.2, 0.25) is 5.88 Å². The second-order valence-corrected chi connectivity index (χ2v) is 2.54. The van der Waals surface area contributed by atoms with Crippen molar-refractivity contribution in [2.24, 2.45) is 5.73 Å². The quantitative estimate of drug-likeness (QED) is 0.865. The molecule has 6 heteroatoms. The van der Waals surface area contributed by atoms with E-state index >= 15 is 0 Å². The minimum Gasteiger partial charge on any atom is -0.481 e. The highest BCUT2D eigenvalue weighted by molar-refractivity contribution is 5.85. The third kappa shape index (κ3) is 3.65. The molecule has 0 amide bonds. The molecule has 1 heterocycles. The molecule has 0 aliphatic heterocycles. The first-order valence-corrected chi connectivity index (χ1v) is 3.60. The standard InChI is InChI=1S/C8H11FN2O.2ClH/c1-5(10)7-3-6(9)4-11-8(7)12-2;;/h3-5H,10H2,1-2H3;2*1H/t5-;;/m0../s1. The molecule has 1 aromatic rings. The average Bonchev–Trinajstić information content (AvgIpc) is 2.04. The molecule has 0 saturated carbocycles. The van der Waals surface area contributed by atoms with E-state index in [9.17, 15) is 4.39 Å². The van der Waals surface area contributed by atoms with Gasteiger partial charge in [-0.25, -0.2) is 9.37 Å². The van der Waals surface area contributed by atoms with Crippen molar-refractivity contribution in [3.8, 4) is 5.88 Å². The van der Waals surface area contributed by atoms with Gasteiger partial charge < -0.3 is 10.5 Å². The van der Waals surface area contributed by atoms with Gasteiger partial charge in [-0.3, -0.25) is 0 Å². The van der Waals surface area contributed by atoms with Gasteiger partial charge in [-0.15, -0.1) is 24.8 Å². The van der Waals surface area contributed by atoms with Crippen LogP contribution in [-0.2, 0) is 0 Å². The maximum Gasteiger partial charge on any atom is 0.218 e. The Morgan fingerprint density at radius 1 is 1.50 bits per heavy atom. The normalized spacial score (nSPS) is 10.9. The van der Waals surface area contributed by atoms with Gasteiger partial charge in [-0.2, -0.15) is 0 Å². The first-order valence-electron chi connectivity index (χ1n) is 3.60. The highest BCUT2D eigenvalue weighted by Gasteiger charge is 2.09. The molecule has 1 atom stereocenters. The lowest BCUT2D eigenvalue weighted by Gasteiger charge is -2.09. The number of hydrogen-bond donors (Lipinski definition) is 1. The maximum atomic E-state index is 12.7. The lowest BCUT2D eigenvalue weighted by atomic mass is 10.1. The summed E-state index contributed by atoms with van der Waals surface area (Å²) < 4.78 is 17.6. The van der Waals surface area contributed by atoms with Crippen LogP contribution in [0.15, 0.2) is 12.3 Å². The number of halogens is 3. The average molecular weight is 243 g/mol. The van der Waals surface area contributed by atoms with Crippen LogP contribution in [0.1, 0.15) is 18.5 Å². The van der Waals surface area contributed by atoms with Crippen molar-refractivity contribution in [1.29, 1.82) is 0 Å². The van der Waals surface area contributed by atoms with E-state index in [4.69, 9.17) is 10.5 Å². The molecular weight excluding hydrogens is 230 g/mol. The van der Waals surface area contributed by atoms with E-state index in [0.717, 1.165) is 6.20 Å². The van der Waals surface area contributed by atoms with E-state index in [-0.39, 0.29) is 30.9 Å². The summed E-state index contributed by atoms with van der Waals surface area (Å²) >= 11 is 0. The van der Waals surface area contributed by atoms with Crippen LogP contribution in [0.3, 0.4) is 0 Å². The predicted molar refractivity (Wildman–Crippen MR) is 57.8 cm³/mol. The van der Waals surface area contributed by atoms with Crippen molar-refractivity contribution in [2.75, 3.05) is 7.11 Å². The number of nitrogens with two attached hydrogens (primary N) is 1. The van der Waals surface area contributed by atoms with Gasteiger partial charge in [0, 0.05) is 11.6 Å². The highest BCUT2D eigenvalue weighted by atomic mass is 35.5. The van der Waals surface area contributed by atoms with E-state index in [1.54, 1.807) is 6.92 Å². The Morgan fingerprint density at radius 3 is 2.50 bits per heavy atom. The SMILES string of the molecule is COc1ncc(F)cc1[C@H](C)N.Cl.Cl. The van der Waals surface area contributed by atoms with Gasteiger partial charge in [0.25, 0.3) is 0 Å². The summed E-state index contributed by atoms with van der Waals surface area (Å²) in [6.07, 6.45) is 1.10. The Bertz CT molecular complexity index is 284. The third-order valence-corrected chi connectivity index (χ3v) is 1.53. The monoisotopic (exact) mass is 242 g/mol. The van der Waals surface area contributed by atoms with Crippen molar-refractivity contribution in [3.05, 3.63) is 23.6 Å². The van der Waals surface area contributed by atoms with Crippen LogP contribution in [0.5, 0.6) is 5.88 Å². The van der Waals surface area contributed by atoms with Crippen molar-refractivity contribution in [2.45, 2.75) is 13.0 Å². The van der Waals surface area contributed by atoms with Gasteiger partial charge in [0.1, 0.15) is 5.82 Å². The van der Waals surface area contributed by atoms with Crippen LogP contribution >= 0.6 is 24.8 Å².